The first-order valence-corrected chi connectivity index (χ1v) is 7.48. The van der Waals surface area contributed by atoms with Gasteiger partial charge in [-0.1, -0.05) is 18.2 Å². The van der Waals surface area contributed by atoms with Gasteiger partial charge in [0.1, 0.15) is 5.75 Å². The molecule has 0 bridgehead atoms. The molecule has 23 heavy (non-hydrogen) atoms. The summed E-state index contributed by atoms with van der Waals surface area (Å²) in [7, 11) is 1.67. The zero-order valence-electron chi connectivity index (χ0n) is 13.5. The summed E-state index contributed by atoms with van der Waals surface area (Å²) in [5.74, 6) is 0.852. The van der Waals surface area contributed by atoms with Gasteiger partial charge in [0.05, 0.1) is 18.3 Å². The molecule has 0 radical (unpaired) electrons. The maximum absolute atomic E-state index is 5.22. The summed E-state index contributed by atoms with van der Waals surface area (Å²) in [5.41, 5.74) is 4.16. The maximum Gasteiger partial charge on any atom is 0.118 e. The summed E-state index contributed by atoms with van der Waals surface area (Å²) in [5, 5.41) is 4.66. The van der Waals surface area contributed by atoms with Gasteiger partial charge in [-0.15, -0.1) is 17.0 Å². The summed E-state index contributed by atoms with van der Waals surface area (Å²) >= 11 is 0. The third-order valence-corrected chi connectivity index (χ3v) is 3.55. The number of pyridine rings is 1. The van der Waals surface area contributed by atoms with E-state index in [-0.39, 0.29) is 17.0 Å². The van der Waals surface area contributed by atoms with E-state index in [1.165, 1.54) is 0 Å². The van der Waals surface area contributed by atoms with Crippen LogP contribution in [0.25, 0.3) is 22.2 Å². The highest BCUT2D eigenvalue weighted by Gasteiger charge is 2.08. The molecule has 120 valence electrons. The zero-order chi connectivity index (χ0) is 15.5. The summed E-state index contributed by atoms with van der Waals surface area (Å²) in [4.78, 5) is 4.79. The number of fused-ring (bicyclic) bond motifs is 1. The minimum Gasteiger partial charge on any atom is -0.497 e. The van der Waals surface area contributed by atoms with Crippen LogP contribution < -0.4 is 10.1 Å². The SMILES string of the molecule is Br.COc1ccc(-c2cc(NC(C)C)c3ccccc3n2)cc1. The number of benzene rings is 2. The number of aromatic nitrogens is 1. The smallest absolute Gasteiger partial charge is 0.118 e. The van der Waals surface area contributed by atoms with E-state index in [1.807, 2.05) is 42.5 Å². The number of nitrogens with zero attached hydrogens (tertiary/aromatic N) is 1. The molecule has 4 heteroatoms. The highest BCUT2D eigenvalue weighted by atomic mass is 79.9. The van der Waals surface area contributed by atoms with Crippen LogP contribution in [0.5, 0.6) is 5.75 Å². The molecule has 0 saturated heterocycles. The first kappa shape index (κ1) is 17.3. The molecule has 0 aliphatic rings. The van der Waals surface area contributed by atoms with Crippen LogP contribution >= 0.6 is 17.0 Å². The molecule has 0 saturated carbocycles. The highest BCUT2D eigenvalue weighted by molar-refractivity contribution is 8.93. The van der Waals surface area contributed by atoms with E-state index in [1.54, 1.807) is 7.11 Å². The second kappa shape index (κ2) is 7.47. The molecule has 3 rings (SSSR count). The Morgan fingerprint density at radius 2 is 1.70 bits per heavy atom. The van der Waals surface area contributed by atoms with Gasteiger partial charge in [-0.25, -0.2) is 4.98 Å². The molecule has 0 aliphatic carbocycles. The molecule has 0 atom stereocenters. The predicted octanol–water partition coefficient (Wildman–Crippen LogP) is 5.31. The van der Waals surface area contributed by atoms with Gasteiger partial charge in [0.2, 0.25) is 0 Å². The van der Waals surface area contributed by atoms with E-state index in [4.69, 9.17) is 9.72 Å². The van der Waals surface area contributed by atoms with Crippen LogP contribution in [0.2, 0.25) is 0 Å². The lowest BCUT2D eigenvalue weighted by Gasteiger charge is -2.14. The first-order valence-electron chi connectivity index (χ1n) is 7.48. The van der Waals surface area contributed by atoms with Crippen molar-refractivity contribution in [2.75, 3.05) is 12.4 Å². The van der Waals surface area contributed by atoms with Crippen molar-refractivity contribution in [2.24, 2.45) is 0 Å². The number of anilines is 1. The molecule has 2 aromatic carbocycles. The Kier molecular flexibility index (Phi) is 5.61. The Hall–Kier alpha value is -2.07. The Bertz CT molecular complexity index is 785. The second-order valence-corrected chi connectivity index (χ2v) is 5.60. The molecular formula is C19H21BrN2O. The number of halogens is 1. The van der Waals surface area contributed by atoms with Gasteiger partial charge >= 0.3 is 0 Å². The topological polar surface area (TPSA) is 34.1 Å². The average Bonchev–Trinajstić information content (AvgIpc) is 2.54. The highest BCUT2D eigenvalue weighted by Crippen LogP contribution is 2.29. The van der Waals surface area contributed by atoms with Crippen molar-refractivity contribution in [3.8, 4) is 17.0 Å². The van der Waals surface area contributed by atoms with Crippen molar-refractivity contribution in [3.63, 3.8) is 0 Å². The van der Waals surface area contributed by atoms with Crippen molar-refractivity contribution in [1.82, 2.24) is 4.98 Å². The number of methoxy groups -OCH3 is 1. The van der Waals surface area contributed by atoms with E-state index in [2.05, 4.69) is 31.3 Å². The lowest BCUT2D eigenvalue weighted by molar-refractivity contribution is 0.415. The lowest BCUT2D eigenvalue weighted by atomic mass is 10.1. The summed E-state index contributed by atoms with van der Waals surface area (Å²) in [6.07, 6.45) is 0. The number of rotatable bonds is 4. The van der Waals surface area contributed by atoms with Crippen molar-refractivity contribution in [3.05, 3.63) is 54.6 Å². The molecule has 0 spiro atoms. The standard InChI is InChI=1S/C19H20N2O.BrH/c1-13(2)20-19-12-18(14-8-10-15(22-3)11-9-14)21-17-7-5-4-6-16(17)19;/h4-13H,1-3H3,(H,20,21);1H. The van der Waals surface area contributed by atoms with Gasteiger partial charge in [0.25, 0.3) is 0 Å². The molecule has 0 unspecified atom stereocenters. The molecule has 1 N–H and O–H groups in total. The van der Waals surface area contributed by atoms with Crippen molar-refractivity contribution < 1.29 is 4.74 Å². The van der Waals surface area contributed by atoms with Crippen molar-refractivity contribution >= 4 is 33.6 Å². The average molecular weight is 373 g/mol. The van der Waals surface area contributed by atoms with E-state index in [0.717, 1.165) is 33.6 Å². The zero-order valence-corrected chi connectivity index (χ0v) is 15.3. The molecule has 0 aliphatic heterocycles. The fraction of sp³-hybridized carbons (Fsp3) is 0.211. The van der Waals surface area contributed by atoms with Crippen LogP contribution in [-0.4, -0.2) is 18.1 Å². The van der Waals surface area contributed by atoms with E-state index in [0.29, 0.717) is 6.04 Å². The Morgan fingerprint density at radius 3 is 2.35 bits per heavy atom. The Morgan fingerprint density at radius 1 is 1.00 bits per heavy atom. The second-order valence-electron chi connectivity index (χ2n) is 5.60. The molecule has 1 aromatic heterocycles. The quantitative estimate of drug-likeness (QED) is 0.673. The number of hydrogen-bond acceptors (Lipinski definition) is 3. The molecule has 0 fully saturated rings. The van der Waals surface area contributed by atoms with Crippen molar-refractivity contribution in [2.45, 2.75) is 19.9 Å². The summed E-state index contributed by atoms with van der Waals surface area (Å²) in [6.45, 7) is 4.28. The summed E-state index contributed by atoms with van der Waals surface area (Å²) in [6, 6.07) is 18.7. The van der Waals surface area contributed by atoms with Gasteiger partial charge in [-0.05, 0) is 50.2 Å². The third-order valence-electron chi connectivity index (χ3n) is 3.55. The molecule has 0 amide bonds. The molecule has 3 aromatic rings. The van der Waals surface area contributed by atoms with Gasteiger partial charge in [0.15, 0.2) is 0 Å². The first-order chi connectivity index (χ1) is 10.7. The minimum absolute atomic E-state index is 0. The van der Waals surface area contributed by atoms with Crippen LogP contribution in [-0.2, 0) is 0 Å². The molecule has 1 heterocycles. The Balaban J connectivity index is 0.00000192. The number of nitrogens with one attached hydrogen (secondary N) is 1. The lowest BCUT2D eigenvalue weighted by Crippen LogP contribution is -2.10. The van der Waals surface area contributed by atoms with Gasteiger partial charge < -0.3 is 10.1 Å². The van der Waals surface area contributed by atoms with Crippen LogP contribution in [0.4, 0.5) is 5.69 Å². The van der Waals surface area contributed by atoms with Crippen LogP contribution in [0.15, 0.2) is 54.6 Å². The third kappa shape index (κ3) is 3.82. The fourth-order valence-electron chi connectivity index (χ4n) is 2.52. The normalized spacial score (nSPS) is 10.4. The van der Waals surface area contributed by atoms with Crippen molar-refractivity contribution in [1.29, 1.82) is 0 Å². The minimum atomic E-state index is 0. The molecular weight excluding hydrogens is 352 g/mol. The number of ether oxygens (including phenoxy) is 1. The van der Waals surface area contributed by atoms with E-state index >= 15 is 0 Å². The largest absolute Gasteiger partial charge is 0.497 e. The predicted molar refractivity (Wildman–Crippen MR) is 103 cm³/mol. The van der Waals surface area contributed by atoms with Crippen LogP contribution in [0.1, 0.15) is 13.8 Å². The summed E-state index contributed by atoms with van der Waals surface area (Å²) < 4.78 is 5.22. The van der Waals surface area contributed by atoms with E-state index in [9.17, 15) is 0 Å². The van der Waals surface area contributed by atoms with Gasteiger partial charge in [-0.2, -0.15) is 0 Å². The van der Waals surface area contributed by atoms with Crippen LogP contribution in [0, 0.1) is 0 Å². The number of para-hydroxylation sites is 1. The van der Waals surface area contributed by atoms with Gasteiger partial charge in [-0.3, -0.25) is 0 Å². The molecule has 3 nitrogen and oxygen atoms in total. The number of hydrogen-bond donors (Lipinski definition) is 1. The maximum atomic E-state index is 5.22. The Labute approximate surface area is 147 Å². The van der Waals surface area contributed by atoms with Gasteiger partial charge in [0, 0.05) is 22.7 Å². The fourth-order valence-corrected chi connectivity index (χ4v) is 2.52. The van der Waals surface area contributed by atoms with E-state index < -0.39 is 0 Å². The van der Waals surface area contributed by atoms with Crippen LogP contribution in [0.3, 0.4) is 0 Å². The monoisotopic (exact) mass is 372 g/mol.